The van der Waals surface area contributed by atoms with Crippen molar-refractivity contribution in [1.29, 1.82) is 0 Å². The van der Waals surface area contributed by atoms with Crippen LogP contribution in [0.3, 0.4) is 0 Å². The molecule has 1 N–H and O–H groups in total. The van der Waals surface area contributed by atoms with Crippen LogP contribution in [0.5, 0.6) is 5.75 Å². The molecule has 2 aromatic rings. The fraction of sp³-hybridized carbons (Fsp3) is 0.273. The minimum atomic E-state index is -0.734. The van der Waals surface area contributed by atoms with Crippen LogP contribution in [-0.4, -0.2) is 30.6 Å². The van der Waals surface area contributed by atoms with Gasteiger partial charge in [0.05, 0.1) is 18.7 Å². The van der Waals surface area contributed by atoms with E-state index in [4.69, 9.17) is 21.1 Å². The first-order valence-electron chi connectivity index (χ1n) is 9.29. The van der Waals surface area contributed by atoms with Crippen molar-refractivity contribution in [2.24, 2.45) is 0 Å². The summed E-state index contributed by atoms with van der Waals surface area (Å²) in [5, 5.41) is 3.36. The van der Waals surface area contributed by atoms with Crippen LogP contribution in [0, 0.1) is 0 Å². The fourth-order valence-electron chi connectivity index (χ4n) is 3.38. The molecule has 0 fully saturated rings. The van der Waals surface area contributed by atoms with Gasteiger partial charge in [-0.15, -0.1) is 0 Å². The Morgan fingerprint density at radius 2 is 1.93 bits per heavy atom. The molecule has 0 saturated carbocycles. The molecule has 0 aromatic heterocycles. The number of esters is 1. The molecule has 0 radical (unpaired) electrons. The minimum absolute atomic E-state index is 0.295. The monoisotopic (exact) mass is 414 g/mol. The van der Waals surface area contributed by atoms with E-state index in [0.717, 1.165) is 5.56 Å². The maximum atomic E-state index is 12.6. The lowest BCUT2D eigenvalue weighted by Crippen LogP contribution is -2.47. The maximum Gasteiger partial charge on any atom is 0.337 e. The Morgan fingerprint density at radius 3 is 2.59 bits per heavy atom. The predicted octanol–water partition coefficient (Wildman–Crippen LogP) is 4.45. The summed E-state index contributed by atoms with van der Waals surface area (Å²) in [5.74, 6) is 0.0163. The number of rotatable bonds is 6. The predicted molar refractivity (Wildman–Crippen MR) is 111 cm³/mol. The molecule has 1 unspecified atom stereocenters. The molecular formula is C22H23ClN2O4. The largest absolute Gasteiger partial charge is 0.489 e. The molecule has 0 aliphatic carbocycles. The van der Waals surface area contributed by atoms with E-state index in [-0.39, 0.29) is 6.03 Å². The van der Waals surface area contributed by atoms with Gasteiger partial charge in [0.2, 0.25) is 0 Å². The van der Waals surface area contributed by atoms with Crippen LogP contribution >= 0.6 is 11.6 Å². The molecule has 1 aliphatic heterocycles. The van der Waals surface area contributed by atoms with Gasteiger partial charge in [-0.05, 0) is 37.6 Å². The Balaban J connectivity index is 2.03. The van der Waals surface area contributed by atoms with Crippen LogP contribution < -0.4 is 10.1 Å². The van der Waals surface area contributed by atoms with Crippen molar-refractivity contribution in [3.8, 4) is 5.75 Å². The number of nitrogens with one attached hydrogen (secondary N) is 1. The van der Waals surface area contributed by atoms with Crippen LogP contribution in [0.15, 0.2) is 59.8 Å². The standard InChI is InChI=1S/C22H23ClN2O4/c1-4-25-14(2)19(21(26)28-3)20(24-22(25)27)17-12-16(23)10-11-18(17)29-13-15-8-6-5-7-9-15/h5-12,20H,4,13H2,1-3H3,(H,24,27). The van der Waals surface area contributed by atoms with Crippen molar-refractivity contribution in [2.45, 2.75) is 26.5 Å². The van der Waals surface area contributed by atoms with E-state index in [0.29, 0.717) is 40.8 Å². The summed E-state index contributed by atoms with van der Waals surface area (Å²) >= 11 is 6.23. The number of hydrogen-bond acceptors (Lipinski definition) is 4. The van der Waals surface area contributed by atoms with Gasteiger partial charge in [0.1, 0.15) is 12.4 Å². The van der Waals surface area contributed by atoms with Gasteiger partial charge in [0, 0.05) is 22.8 Å². The number of ether oxygens (including phenoxy) is 2. The summed E-state index contributed by atoms with van der Waals surface area (Å²) in [6.07, 6.45) is 0. The second kappa shape index (κ2) is 9.01. The highest BCUT2D eigenvalue weighted by atomic mass is 35.5. The third-order valence-corrected chi connectivity index (χ3v) is 5.07. The van der Waals surface area contributed by atoms with Gasteiger partial charge in [-0.25, -0.2) is 9.59 Å². The third kappa shape index (κ3) is 4.38. The summed E-state index contributed by atoms with van der Waals surface area (Å²) in [5.41, 5.74) is 2.48. The second-order valence-electron chi connectivity index (χ2n) is 6.57. The summed E-state index contributed by atoms with van der Waals surface area (Å²) in [6.45, 7) is 4.34. The Kier molecular flexibility index (Phi) is 6.44. The van der Waals surface area contributed by atoms with Gasteiger partial charge in [0.25, 0.3) is 0 Å². The molecule has 0 bridgehead atoms. The second-order valence-corrected chi connectivity index (χ2v) is 7.01. The highest BCUT2D eigenvalue weighted by Crippen LogP contribution is 2.37. The van der Waals surface area contributed by atoms with Gasteiger partial charge in [-0.3, -0.25) is 4.90 Å². The van der Waals surface area contributed by atoms with Crippen LogP contribution in [0.2, 0.25) is 5.02 Å². The van der Waals surface area contributed by atoms with Crippen LogP contribution in [-0.2, 0) is 16.1 Å². The highest BCUT2D eigenvalue weighted by molar-refractivity contribution is 6.30. The maximum absolute atomic E-state index is 12.6. The first-order chi connectivity index (χ1) is 14.0. The molecule has 0 spiro atoms. The number of carbonyl (C=O) groups excluding carboxylic acids is 2. The molecule has 3 rings (SSSR count). The lowest BCUT2D eigenvalue weighted by molar-refractivity contribution is -0.136. The van der Waals surface area contributed by atoms with E-state index in [1.165, 1.54) is 12.0 Å². The van der Waals surface area contributed by atoms with Gasteiger partial charge >= 0.3 is 12.0 Å². The van der Waals surface area contributed by atoms with E-state index in [1.54, 1.807) is 25.1 Å². The third-order valence-electron chi connectivity index (χ3n) is 4.84. The topological polar surface area (TPSA) is 67.9 Å². The zero-order valence-electron chi connectivity index (χ0n) is 16.6. The molecule has 7 heteroatoms. The van der Waals surface area contributed by atoms with E-state index in [9.17, 15) is 9.59 Å². The quantitative estimate of drug-likeness (QED) is 0.709. The molecular weight excluding hydrogens is 392 g/mol. The molecule has 0 saturated heterocycles. The van der Waals surface area contributed by atoms with Gasteiger partial charge in [-0.1, -0.05) is 41.9 Å². The van der Waals surface area contributed by atoms with E-state index in [2.05, 4.69) is 5.32 Å². The zero-order valence-corrected chi connectivity index (χ0v) is 17.3. The van der Waals surface area contributed by atoms with Crippen molar-refractivity contribution in [2.75, 3.05) is 13.7 Å². The first-order valence-corrected chi connectivity index (χ1v) is 9.67. The Hall–Kier alpha value is -2.99. The van der Waals surface area contributed by atoms with Crippen LogP contribution in [0.1, 0.15) is 31.0 Å². The lowest BCUT2D eigenvalue weighted by atomic mass is 9.94. The Morgan fingerprint density at radius 1 is 1.21 bits per heavy atom. The summed E-state index contributed by atoms with van der Waals surface area (Å²) < 4.78 is 11.0. The highest BCUT2D eigenvalue weighted by Gasteiger charge is 2.37. The normalized spacial score (nSPS) is 16.5. The van der Waals surface area contributed by atoms with Crippen molar-refractivity contribution in [1.82, 2.24) is 10.2 Å². The van der Waals surface area contributed by atoms with Crippen molar-refractivity contribution in [3.63, 3.8) is 0 Å². The summed E-state index contributed by atoms with van der Waals surface area (Å²) in [4.78, 5) is 26.7. The number of urea groups is 1. The van der Waals surface area contributed by atoms with Gasteiger partial charge in [0.15, 0.2) is 0 Å². The lowest BCUT2D eigenvalue weighted by Gasteiger charge is -2.35. The molecule has 1 heterocycles. The molecule has 152 valence electrons. The average molecular weight is 415 g/mol. The number of hydrogen-bond donors (Lipinski definition) is 1. The number of methoxy groups -OCH3 is 1. The van der Waals surface area contributed by atoms with Gasteiger partial charge in [-0.2, -0.15) is 0 Å². The Bertz CT molecular complexity index is 943. The molecule has 6 nitrogen and oxygen atoms in total. The van der Waals surface area contributed by atoms with Crippen LogP contribution in [0.4, 0.5) is 4.79 Å². The van der Waals surface area contributed by atoms with Gasteiger partial charge < -0.3 is 14.8 Å². The number of halogens is 1. The minimum Gasteiger partial charge on any atom is -0.489 e. The smallest absolute Gasteiger partial charge is 0.337 e. The molecule has 1 atom stereocenters. The molecule has 1 aliphatic rings. The van der Waals surface area contributed by atoms with E-state index in [1.807, 2.05) is 37.3 Å². The van der Waals surface area contributed by atoms with Crippen molar-refractivity contribution in [3.05, 3.63) is 76.0 Å². The first kappa shape index (κ1) is 20.7. The average Bonchev–Trinajstić information content (AvgIpc) is 2.73. The number of amides is 2. The number of nitrogens with zero attached hydrogens (tertiary/aromatic N) is 1. The van der Waals surface area contributed by atoms with Crippen LogP contribution in [0.25, 0.3) is 0 Å². The van der Waals surface area contributed by atoms with E-state index >= 15 is 0 Å². The van der Waals surface area contributed by atoms with Crippen molar-refractivity contribution >= 4 is 23.6 Å². The molecule has 2 amide bonds. The number of benzene rings is 2. The molecule has 2 aromatic carbocycles. The van der Waals surface area contributed by atoms with Crippen molar-refractivity contribution < 1.29 is 19.1 Å². The fourth-order valence-corrected chi connectivity index (χ4v) is 3.56. The number of carbonyl (C=O) groups is 2. The zero-order chi connectivity index (χ0) is 21.0. The number of allylic oxidation sites excluding steroid dienone is 1. The molecule has 29 heavy (non-hydrogen) atoms. The summed E-state index contributed by atoms with van der Waals surface area (Å²) in [7, 11) is 1.32. The Labute approximate surface area is 175 Å². The SMILES string of the molecule is CCN1C(=O)NC(c2cc(Cl)ccc2OCc2ccccc2)C(C(=O)OC)=C1C. The van der Waals surface area contributed by atoms with E-state index < -0.39 is 12.0 Å². The summed E-state index contributed by atoms with van der Waals surface area (Å²) in [6, 6.07) is 13.8.